The first-order valence-corrected chi connectivity index (χ1v) is 10.9. The summed E-state index contributed by atoms with van der Waals surface area (Å²) in [5.74, 6) is -0.287. The van der Waals surface area contributed by atoms with Gasteiger partial charge in [-0.25, -0.2) is 0 Å². The van der Waals surface area contributed by atoms with Gasteiger partial charge >= 0.3 is 0 Å². The first kappa shape index (κ1) is 20.5. The molecule has 0 aliphatic heterocycles. The first-order valence-electron chi connectivity index (χ1n) is 9.31. The van der Waals surface area contributed by atoms with E-state index in [9.17, 15) is 9.59 Å². The summed E-state index contributed by atoms with van der Waals surface area (Å²) >= 11 is 12.6. The topological polar surface area (TPSA) is 66.9 Å². The normalized spacial score (nSPS) is 11.0. The monoisotopic (exact) mass is 455 g/mol. The number of nitrogens with one attached hydrogen (secondary N) is 2. The van der Waals surface area contributed by atoms with Gasteiger partial charge in [-0.3, -0.25) is 14.2 Å². The van der Waals surface area contributed by atoms with Crippen LogP contribution in [0.3, 0.4) is 0 Å². The second-order valence-electron chi connectivity index (χ2n) is 6.85. The number of hydrogen-bond acceptors (Lipinski definition) is 4. The van der Waals surface area contributed by atoms with Crippen molar-refractivity contribution in [3.8, 4) is 0 Å². The van der Waals surface area contributed by atoms with E-state index in [0.717, 1.165) is 5.56 Å². The Balaban J connectivity index is 1.68. The molecule has 4 aromatic rings. The van der Waals surface area contributed by atoms with Crippen molar-refractivity contribution in [1.29, 1.82) is 0 Å². The fourth-order valence-corrected chi connectivity index (χ4v) is 4.93. The van der Waals surface area contributed by atoms with Crippen LogP contribution < -0.4 is 10.9 Å². The zero-order chi connectivity index (χ0) is 21.3. The van der Waals surface area contributed by atoms with Gasteiger partial charge in [-0.1, -0.05) is 48.0 Å². The number of hydrogen-bond donors (Lipinski definition) is 2. The summed E-state index contributed by atoms with van der Waals surface area (Å²) < 4.78 is 1.91. The van der Waals surface area contributed by atoms with Crippen LogP contribution >= 0.6 is 35.2 Å². The van der Waals surface area contributed by atoms with E-state index in [0.29, 0.717) is 49.1 Å². The summed E-state index contributed by atoms with van der Waals surface area (Å²) in [6, 6.07) is 16.9. The van der Waals surface area contributed by atoms with Gasteiger partial charge in [0.15, 0.2) is 4.77 Å². The lowest BCUT2D eigenvalue weighted by Gasteiger charge is -2.07. The third-order valence-electron chi connectivity index (χ3n) is 4.83. The number of benzene rings is 2. The molecule has 5 nitrogen and oxygen atoms in total. The number of H-pyrrole nitrogens is 1. The van der Waals surface area contributed by atoms with Crippen LogP contribution in [0.2, 0.25) is 5.02 Å². The number of aromatic nitrogens is 2. The highest BCUT2D eigenvalue weighted by molar-refractivity contribution is 7.71. The molecule has 0 fully saturated rings. The van der Waals surface area contributed by atoms with E-state index in [1.165, 1.54) is 11.3 Å². The Kier molecular flexibility index (Phi) is 5.85. The van der Waals surface area contributed by atoms with E-state index in [1.54, 1.807) is 35.8 Å². The maximum Gasteiger partial charge on any atom is 0.266 e. The van der Waals surface area contributed by atoms with Gasteiger partial charge in [0, 0.05) is 17.3 Å². The van der Waals surface area contributed by atoms with Crippen LogP contribution in [0.15, 0.2) is 59.4 Å². The summed E-state index contributed by atoms with van der Waals surface area (Å²) in [5.41, 5.74) is 2.18. The number of rotatable bonds is 5. The molecular formula is C22H18ClN3O2S2. The van der Waals surface area contributed by atoms with Gasteiger partial charge in [-0.2, -0.15) is 0 Å². The van der Waals surface area contributed by atoms with E-state index >= 15 is 0 Å². The van der Waals surface area contributed by atoms with Crippen molar-refractivity contribution in [2.75, 3.05) is 5.32 Å². The van der Waals surface area contributed by atoms with Gasteiger partial charge in [0.25, 0.3) is 11.5 Å². The molecule has 4 rings (SSSR count). The minimum atomic E-state index is -0.287. The zero-order valence-electron chi connectivity index (χ0n) is 16.1. The summed E-state index contributed by atoms with van der Waals surface area (Å²) in [5, 5.41) is 3.87. The maximum absolute atomic E-state index is 13.2. The van der Waals surface area contributed by atoms with Crippen LogP contribution in [0.5, 0.6) is 0 Å². The minimum Gasteiger partial charge on any atom is -0.323 e. The second kappa shape index (κ2) is 8.55. The third kappa shape index (κ3) is 4.09. The van der Waals surface area contributed by atoms with Crippen LogP contribution in [-0.2, 0) is 13.0 Å². The fourth-order valence-electron chi connectivity index (χ4n) is 3.31. The number of halogens is 1. The van der Waals surface area contributed by atoms with Crippen LogP contribution in [-0.4, -0.2) is 15.5 Å². The summed E-state index contributed by atoms with van der Waals surface area (Å²) in [7, 11) is 0. The molecule has 0 atom stereocenters. The van der Waals surface area contributed by atoms with Crippen LogP contribution in [0.4, 0.5) is 5.69 Å². The zero-order valence-corrected chi connectivity index (χ0v) is 18.5. The van der Waals surface area contributed by atoms with Crippen molar-refractivity contribution in [2.24, 2.45) is 0 Å². The highest BCUT2D eigenvalue weighted by Gasteiger charge is 2.20. The maximum atomic E-state index is 13.2. The molecule has 30 heavy (non-hydrogen) atoms. The molecule has 0 unspecified atom stereocenters. The Labute approximate surface area is 187 Å². The quantitative estimate of drug-likeness (QED) is 0.386. The molecule has 0 spiro atoms. The third-order valence-corrected chi connectivity index (χ3v) is 6.59. The predicted molar refractivity (Wildman–Crippen MR) is 126 cm³/mol. The van der Waals surface area contributed by atoms with E-state index in [4.69, 9.17) is 23.8 Å². The number of nitrogens with zero attached hydrogens (tertiary/aromatic N) is 1. The molecule has 0 aliphatic carbocycles. The lowest BCUT2D eigenvalue weighted by Crippen LogP contribution is -2.23. The van der Waals surface area contributed by atoms with E-state index in [1.807, 2.05) is 30.3 Å². The summed E-state index contributed by atoms with van der Waals surface area (Å²) in [4.78, 5) is 30.2. The van der Waals surface area contributed by atoms with Crippen molar-refractivity contribution in [3.05, 3.63) is 90.7 Å². The molecule has 0 saturated carbocycles. The van der Waals surface area contributed by atoms with Gasteiger partial charge in [0.1, 0.15) is 4.83 Å². The van der Waals surface area contributed by atoms with Gasteiger partial charge in [0.2, 0.25) is 0 Å². The van der Waals surface area contributed by atoms with E-state index in [2.05, 4.69) is 10.3 Å². The molecule has 152 valence electrons. The van der Waals surface area contributed by atoms with Crippen molar-refractivity contribution >= 4 is 57.0 Å². The van der Waals surface area contributed by atoms with Crippen molar-refractivity contribution < 1.29 is 4.79 Å². The average Bonchev–Trinajstić information content (AvgIpc) is 3.05. The number of amides is 1. The average molecular weight is 456 g/mol. The van der Waals surface area contributed by atoms with Gasteiger partial charge < -0.3 is 10.3 Å². The molecule has 8 heteroatoms. The minimum absolute atomic E-state index is 0.180. The molecule has 1 amide bonds. The highest BCUT2D eigenvalue weighted by Crippen LogP contribution is 2.28. The van der Waals surface area contributed by atoms with Gasteiger partial charge in [-0.05, 0) is 54.9 Å². The largest absolute Gasteiger partial charge is 0.323 e. The van der Waals surface area contributed by atoms with E-state index < -0.39 is 0 Å². The molecule has 0 aliphatic rings. The standard InChI is InChI=1S/C22H18ClN3O2S2/c1-13-17-20(30-18(13)19(27)24-16-9-5-8-15(23)12-16)25-22(29)26(21(17)28)11-10-14-6-3-2-4-7-14/h2-9,12H,10-11H2,1H3,(H,24,27)(H,25,29). The number of aryl methyl sites for hydroxylation is 2. The molecule has 2 N–H and O–H groups in total. The molecule has 2 aromatic heterocycles. The molecule has 0 saturated heterocycles. The highest BCUT2D eigenvalue weighted by atomic mass is 35.5. The van der Waals surface area contributed by atoms with Crippen LogP contribution in [0.25, 0.3) is 10.2 Å². The first-order chi connectivity index (χ1) is 14.4. The lowest BCUT2D eigenvalue weighted by atomic mass is 10.1. The second-order valence-corrected chi connectivity index (χ2v) is 8.69. The number of thiophene rings is 1. The fraction of sp³-hybridized carbons (Fsp3) is 0.136. The number of fused-ring (bicyclic) bond motifs is 1. The number of anilines is 1. The summed E-state index contributed by atoms with van der Waals surface area (Å²) in [6.45, 7) is 2.25. The van der Waals surface area contributed by atoms with Gasteiger partial charge in [-0.15, -0.1) is 11.3 Å². The van der Waals surface area contributed by atoms with Gasteiger partial charge in [0.05, 0.1) is 10.3 Å². The molecule has 2 heterocycles. The molecule has 2 aromatic carbocycles. The Morgan fingerprint density at radius 2 is 1.97 bits per heavy atom. The SMILES string of the molecule is Cc1c(C(=O)Nc2cccc(Cl)c2)sc2[nH]c(=S)n(CCc3ccccc3)c(=O)c12. The Morgan fingerprint density at radius 1 is 1.20 bits per heavy atom. The number of carbonyl (C=O) groups is 1. The predicted octanol–water partition coefficient (Wildman–Crippen LogP) is 5.58. The van der Waals surface area contributed by atoms with E-state index in [-0.39, 0.29) is 11.5 Å². The molecular weight excluding hydrogens is 438 g/mol. The van der Waals surface area contributed by atoms with Crippen molar-refractivity contribution in [2.45, 2.75) is 19.9 Å². The molecule has 0 radical (unpaired) electrons. The number of aromatic amines is 1. The van der Waals surface area contributed by atoms with Crippen LogP contribution in [0, 0.1) is 11.7 Å². The Bertz CT molecular complexity index is 1360. The molecule has 0 bridgehead atoms. The Morgan fingerprint density at radius 3 is 2.70 bits per heavy atom. The van der Waals surface area contributed by atoms with Crippen LogP contribution in [0.1, 0.15) is 20.8 Å². The summed E-state index contributed by atoms with van der Waals surface area (Å²) in [6.07, 6.45) is 0.690. The van der Waals surface area contributed by atoms with Crippen molar-refractivity contribution in [1.82, 2.24) is 9.55 Å². The Hall–Kier alpha value is -2.74. The smallest absolute Gasteiger partial charge is 0.266 e. The lowest BCUT2D eigenvalue weighted by molar-refractivity contribution is 0.103. The number of carbonyl (C=O) groups excluding carboxylic acids is 1. The van der Waals surface area contributed by atoms with Crippen molar-refractivity contribution in [3.63, 3.8) is 0 Å².